The van der Waals surface area contributed by atoms with Crippen molar-refractivity contribution in [1.29, 1.82) is 0 Å². The summed E-state index contributed by atoms with van der Waals surface area (Å²) in [5, 5.41) is 4.52. The number of halogens is 1. The molecule has 1 heterocycles. The molecule has 0 fully saturated rings. The van der Waals surface area contributed by atoms with Gasteiger partial charge in [-0.1, -0.05) is 55.8 Å². The van der Waals surface area contributed by atoms with Gasteiger partial charge in [-0.25, -0.2) is 0 Å². The second-order valence-corrected chi connectivity index (χ2v) is 7.48. The van der Waals surface area contributed by atoms with Crippen molar-refractivity contribution in [1.82, 2.24) is 5.32 Å². The van der Waals surface area contributed by atoms with Gasteiger partial charge in [0, 0.05) is 36.2 Å². The van der Waals surface area contributed by atoms with E-state index in [1.54, 1.807) is 18.2 Å². The Kier molecular flexibility index (Phi) is 6.32. The van der Waals surface area contributed by atoms with Gasteiger partial charge in [0.15, 0.2) is 5.43 Å². The number of hydrogen-bond donors (Lipinski definition) is 2. The molecule has 0 aliphatic rings. The van der Waals surface area contributed by atoms with Crippen LogP contribution in [-0.2, 0) is 6.42 Å². The van der Waals surface area contributed by atoms with Crippen molar-refractivity contribution in [2.24, 2.45) is 11.7 Å². The summed E-state index contributed by atoms with van der Waals surface area (Å²) in [4.78, 5) is 13.3. The summed E-state index contributed by atoms with van der Waals surface area (Å²) in [5.74, 6) is 0.896. The highest BCUT2D eigenvalue weighted by Gasteiger charge is 2.25. The maximum atomic E-state index is 13.3. The summed E-state index contributed by atoms with van der Waals surface area (Å²) >= 11 is 6.12. The van der Waals surface area contributed by atoms with Crippen molar-refractivity contribution >= 4 is 22.6 Å². The predicted octanol–water partition coefficient (Wildman–Crippen LogP) is 4.28. The minimum atomic E-state index is -0.108. The lowest BCUT2D eigenvalue weighted by atomic mass is 9.93. The SMILES string of the molecule is CC(C)C(NCCN)c1oc2cc(Cl)ccc2c(=O)c1Cc1ccccc1. The van der Waals surface area contributed by atoms with Gasteiger partial charge in [0.1, 0.15) is 11.3 Å². The number of hydrogen-bond acceptors (Lipinski definition) is 4. The quantitative estimate of drug-likeness (QED) is 0.637. The Labute approximate surface area is 164 Å². The van der Waals surface area contributed by atoms with Crippen molar-refractivity contribution in [2.75, 3.05) is 13.1 Å². The summed E-state index contributed by atoms with van der Waals surface area (Å²) < 4.78 is 6.26. The summed E-state index contributed by atoms with van der Waals surface area (Å²) in [5.41, 5.74) is 7.94. The molecule has 4 nitrogen and oxygen atoms in total. The average Bonchev–Trinajstić information content (AvgIpc) is 2.65. The summed E-state index contributed by atoms with van der Waals surface area (Å²) in [6.07, 6.45) is 0.518. The average molecular weight is 385 g/mol. The Morgan fingerprint density at radius 3 is 2.56 bits per heavy atom. The fraction of sp³-hybridized carbons (Fsp3) is 0.318. The minimum Gasteiger partial charge on any atom is -0.459 e. The first-order chi connectivity index (χ1) is 13.0. The zero-order chi connectivity index (χ0) is 19.4. The lowest BCUT2D eigenvalue weighted by Crippen LogP contribution is -2.32. The molecule has 3 N–H and O–H groups in total. The van der Waals surface area contributed by atoms with E-state index >= 15 is 0 Å². The highest BCUT2D eigenvalue weighted by atomic mass is 35.5. The maximum Gasteiger partial charge on any atom is 0.196 e. The van der Waals surface area contributed by atoms with Crippen molar-refractivity contribution in [2.45, 2.75) is 26.3 Å². The Hall–Kier alpha value is -2.14. The molecule has 1 atom stereocenters. The van der Waals surface area contributed by atoms with E-state index in [2.05, 4.69) is 19.2 Å². The molecule has 0 saturated heterocycles. The molecule has 3 aromatic rings. The van der Waals surface area contributed by atoms with Crippen LogP contribution in [0.25, 0.3) is 11.0 Å². The molecule has 0 aliphatic carbocycles. The zero-order valence-electron chi connectivity index (χ0n) is 15.7. The molecule has 0 radical (unpaired) electrons. The minimum absolute atomic E-state index is 0.00744. The normalized spacial score (nSPS) is 12.6. The Bertz CT molecular complexity index is 967. The van der Waals surface area contributed by atoms with Gasteiger partial charge < -0.3 is 15.5 Å². The van der Waals surface area contributed by atoms with E-state index in [9.17, 15) is 4.79 Å². The highest BCUT2D eigenvalue weighted by Crippen LogP contribution is 2.29. The van der Waals surface area contributed by atoms with Crippen molar-refractivity contribution in [3.8, 4) is 0 Å². The molecule has 0 amide bonds. The number of fused-ring (bicyclic) bond motifs is 1. The third-order valence-corrected chi connectivity index (χ3v) is 4.90. The molecule has 3 rings (SSSR count). The smallest absolute Gasteiger partial charge is 0.196 e. The second kappa shape index (κ2) is 8.70. The zero-order valence-corrected chi connectivity index (χ0v) is 16.4. The standard InChI is InChI=1S/C22H25ClN2O2/c1-14(2)20(25-11-10-24)22-18(12-15-6-4-3-5-7-15)21(26)17-9-8-16(23)13-19(17)27-22/h3-9,13-14,20,25H,10-12,24H2,1-2H3. The van der Waals surface area contributed by atoms with E-state index in [0.29, 0.717) is 46.8 Å². The van der Waals surface area contributed by atoms with Gasteiger partial charge in [-0.3, -0.25) is 4.79 Å². The van der Waals surface area contributed by atoms with E-state index in [1.807, 2.05) is 30.3 Å². The largest absolute Gasteiger partial charge is 0.459 e. The first kappa shape index (κ1) is 19.6. The van der Waals surface area contributed by atoms with Gasteiger partial charge in [0.05, 0.1) is 11.4 Å². The fourth-order valence-corrected chi connectivity index (χ4v) is 3.47. The van der Waals surface area contributed by atoms with Crippen LogP contribution < -0.4 is 16.5 Å². The van der Waals surface area contributed by atoms with E-state index < -0.39 is 0 Å². The Morgan fingerprint density at radius 1 is 1.15 bits per heavy atom. The van der Waals surface area contributed by atoms with Crippen molar-refractivity contribution < 1.29 is 4.42 Å². The molecule has 0 saturated carbocycles. The van der Waals surface area contributed by atoms with E-state index in [-0.39, 0.29) is 17.4 Å². The molecule has 142 valence electrons. The van der Waals surface area contributed by atoms with E-state index in [4.69, 9.17) is 21.8 Å². The van der Waals surface area contributed by atoms with Crippen LogP contribution >= 0.6 is 11.6 Å². The van der Waals surface area contributed by atoms with Crippen LogP contribution in [0.15, 0.2) is 57.7 Å². The molecular formula is C22H25ClN2O2. The topological polar surface area (TPSA) is 68.3 Å². The van der Waals surface area contributed by atoms with Crippen LogP contribution in [0.5, 0.6) is 0 Å². The van der Waals surface area contributed by atoms with Crippen LogP contribution in [0.2, 0.25) is 5.02 Å². The summed E-state index contributed by atoms with van der Waals surface area (Å²) in [6.45, 7) is 5.36. The van der Waals surface area contributed by atoms with Gasteiger partial charge >= 0.3 is 0 Å². The first-order valence-electron chi connectivity index (χ1n) is 9.23. The van der Waals surface area contributed by atoms with Crippen molar-refractivity contribution in [3.63, 3.8) is 0 Å². The van der Waals surface area contributed by atoms with Gasteiger partial charge in [-0.05, 0) is 23.6 Å². The number of rotatable bonds is 7. The van der Waals surface area contributed by atoms with Gasteiger partial charge in [0.2, 0.25) is 0 Å². The molecule has 0 bridgehead atoms. The van der Waals surface area contributed by atoms with Crippen LogP contribution in [0.1, 0.15) is 36.8 Å². The van der Waals surface area contributed by atoms with E-state index in [1.165, 1.54) is 0 Å². The number of nitrogens with two attached hydrogens (primary N) is 1. The highest BCUT2D eigenvalue weighted by molar-refractivity contribution is 6.31. The van der Waals surface area contributed by atoms with Gasteiger partial charge in [0.25, 0.3) is 0 Å². The van der Waals surface area contributed by atoms with Crippen LogP contribution in [-0.4, -0.2) is 13.1 Å². The predicted molar refractivity (Wildman–Crippen MR) is 111 cm³/mol. The molecule has 27 heavy (non-hydrogen) atoms. The van der Waals surface area contributed by atoms with E-state index in [0.717, 1.165) is 5.56 Å². The Morgan fingerprint density at radius 2 is 1.89 bits per heavy atom. The molecule has 0 aliphatic heterocycles. The number of benzene rings is 2. The monoisotopic (exact) mass is 384 g/mol. The molecule has 1 aromatic heterocycles. The lowest BCUT2D eigenvalue weighted by Gasteiger charge is -2.24. The fourth-order valence-electron chi connectivity index (χ4n) is 3.31. The van der Waals surface area contributed by atoms with Crippen molar-refractivity contribution in [3.05, 3.63) is 80.7 Å². The second-order valence-electron chi connectivity index (χ2n) is 7.04. The van der Waals surface area contributed by atoms with Gasteiger partial charge in [-0.15, -0.1) is 0 Å². The molecule has 1 unspecified atom stereocenters. The Balaban J connectivity index is 2.21. The summed E-state index contributed by atoms with van der Waals surface area (Å²) in [6, 6.07) is 15.0. The summed E-state index contributed by atoms with van der Waals surface area (Å²) in [7, 11) is 0. The molecule has 2 aromatic carbocycles. The number of nitrogens with one attached hydrogen (secondary N) is 1. The van der Waals surface area contributed by atoms with Crippen LogP contribution in [0.3, 0.4) is 0 Å². The van der Waals surface area contributed by atoms with Gasteiger partial charge in [-0.2, -0.15) is 0 Å². The van der Waals surface area contributed by atoms with Crippen LogP contribution in [0, 0.1) is 5.92 Å². The maximum absolute atomic E-state index is 13.3. The molecule has 5 heteroatoms. The molecular weight excluding hydrogens is 360 g/mol. The third kappa shape index (κ3) is 4.41. The molecule has 0 spiro atoms. The lowest BCUT2D eigenvalue weighted by molar-refractivity contribution is 0.345. The third-order valence-electron chi connectivity index (χ3n) is 4.66. The van der Waals surface area contributed by atoms with Crippen LogP contribution in [0.4, 0.5) is 0 Å². The first-order valence-corrected chi connectivity index (χ1v) is 9.61.